The lowest BCUT2D eigenvalue weighted by atomic mass is 9.86. The number of aryl methyl sites for hydroxylation is 1. The van der Waals surface area contributed by atoms with Crippen LogP contribution in [-0.4, -0.2) is 32.7 Å². The van der Waals surface area contributed by atoms with E-state index in [1.807, 2.05) is 0 Å². The predicted molar refractivity (Wildman–Crippen MR) is 86.4 cm³/mol. The Morgan fingerprint density at radius 2 is 2.00 bits per heavy atom. The van der Waals surface area contributed by atoms with Gasteiger partial charge >= 0.3 is 11.7 Å². The highest BCUT2D eigenvalue weighted by Gasteiger charge is 2.25. The number of nitrogens with zero attached hydrogens (tertiary/aromatic N) is 3. The van der Waals surface area contributed by atoms with E-state index in [1.165, 1.54) is 18.5 Å². The lowest BCUT2D eigenvalue weighted by Crippen LogP contribution is -2.48. The van der Waals surface area contributed by atoms with Crippen molar-refractivity contribution in [2.24, 2.45) is 5.92 Å². The van der Waals surface area contributed by atoms with Crippen LogP contribution < -0.4 is 10.6 Å². The molecule has 0 radical (unpaired) electrons. The number of amides is 3. The summed E-state index contributed by atoms with van der Waals surface area (Å²) in [6, 6.07) is -0.462. The minimum atomic E-state index is -0.559. The maximum Gasteiger partial charge on any atom is 0.321 e. The highest BCUT2D eigenvalue weighted by molar-refractivity contribution is 5.94. The fourth-order valence-corrected chi connectivity index (χ4v) is 3.14. The topological polar surface area (TPSA) is 119 Å². The normalized spacial score (nSPS) is 20.5. The van der Waals surface area contributed by atoms with Crippen molar-refractivity contribution in [3.8, 4) is 0 Å². The number of nitrogens with one attached hydrogen (secondary N) is 2. The second-order valence-electron chi connectivity index (χ2n) is 6.32. The van der Waals surface area contributed by atoms with E-state index in [9.17, 15) is 19.7 Å². The molecule has 1 aromatic rings. The Hall–Kier alpha value is -2.45. The minimum absolute atomic E-state index is 0.0707. The van der Waals surface area contributed by atoms with Crippen LogP contribution >= 0.6 is 0 Å². The van der Waals surface area contributed by atoms with E-state index < -0.39 is 16.9 Å². The number of carbonyl (C=O) groups excluding carboxylic acids is 2. The van der Waals surface area contributed by atoms with Crippen LogP contribution in [0.3, 0.4) is 0 Å². The highest BCUT2D eigenvalue weighted by Crippen LogP contribution is 2.23. The molecule has 1 saturated carbocycles. The molecule has 9 nitrogen and oxygen atoms in total. The Bertz CT molecular complexity index is 655. The lowest BCUT2D eigenvalue weighted by Gasteiger charge is -2.29. The molecule has 0 saturated heterocycles. The Kier molecular flexibility index (Phi) is 5.53. The molecule has 2 N–H and O–H groups in total. The monoisotopic (exact) mass is 337 g/mol. The first-order valence-electron chi connectivity index (χ1n) is 8.08. The largest absolute Gasteiger partial charge is 0.335 e. The van der Waals surface area contributed by atoms with Crippen LogP contribution in [0.25, 0.3) is 0 Å². The number of nitro groups is 1. The van der Waals surface area contributed by atoms with Crippen molar-refractivity contribution in [2.75, 3.05) is 0 Å². The van der Waals surface area contributed by atoms with Gasteiger partial charge in [0.05, 0.1) is 4.92 Å². The van der Waals surface area contributed by atoms with Crippen LogP contribution in [-0.2, 0) is 11.3 Å². The maximum absolute atomic E-state index is 12.0. The average Bonchev–Trinajstić information content (AvgIpc) is 2.75. The summed E-state index contributed by atoms with van der Waals surface area (Å²) >= 11 is 0. The van der Waals surface area contributed by atoms with Gasteiger partial charge in [0.25, 0.3) is 0 Å². The van der Waals surface area contributed by atoms with Crippen LogP contribution in [0.5, 0.6) is 0 Å². The zero-order valence-electron chi connectivity index (χ0n) is 14.2. The average molecular weight is 337 g/mol. The lowest BCUT2D eigenvalue weighted by molar-refractivity contribution is -0.386. The molecular formula is C15H23N5O4. The third kappa shape index (κ3) is 4.09. The van der Waals surface area contributed by atoms with E-state index in [2.05, 4.69) is 22.7 Å². The molecule has 0 unspecified atom stereocenters. The smallest absolute Gasteiger partial charge is 0.321 e. The van der Waals surface area contributed by atoms with Crippen molar-refractivity contribution >= 4 is 17.6 Å². The summed E-state index contributed by atoms with van der Waals surface area (Å²) in [4.78, 5) is 34.4. The van der Waals surface area contributed by atoms with Crippen molar-refractivity contribution in [1.29, 1.82) is 0 Å². The van der Waals surface area contributed by atoms with Gasteiger partial charge in [0.15, 0.2) is 0 Å². The zero-order valence-corrected chi connectivity index (χ0v) is 14.2. The summed E-state index contributed by atoms with van der Waals surface area (Å²) in [6.45, 7) is 4.88. The third-order valence-electron chi connectivity index (χ3n) is 4.50. The Balaban J connectivity index is 1.92. The maximum atomic E-state index is 12.0. The predicted octanol–water partition coefficient (Wildman–Crippen LogP) is 1.81. The van der Waals surface area contributed by atoms with Gasteiger partial charge in [0.2, 0.25) is 5.91 Å². The fraction of sp³-hybridized carbons (Fsp3) is 0.667. The molecule has 0 spiro atoms. The Morgan fingerprint density at radius 1 is 1.33 bits per heavy atom. The molecule has 1 aliphatic rings. The molecule has 3 amide bonds. The van der Waals surface area contributed by atoms with Gasteiger partial charge in [0, 0.05) is 6.04 Å². The Labute approximate surface area is 139 Å². The summed E-state index contributed by atoms with van der Waals surface area (Å²) in [5, 5.41) is 20.0. The van der Waals surface area contributed by atoms with Crippen LogP contribution in [0.15, 0.2) is 0 Å². The molecule has 1 aliphatic carbocycles. The van der Waals surface area contributed by atoms with Crippen molar-refractivity contribution in [1.82, 2.24) is 20.4 Å². The minimum Gasteiger partial charge on any atom is -0.335 e. The van der Waals surface area contributed by atoms with Gasteiger partial charge in [-0.05, 0) is 32.6 Å². The van der Waals surface area contributed by atoms with E-state index in [-0.39, 0.29) is 29.7 Å². The van der Waals surface area contributed by atoms with Crippen molar-refractivity contribution < 1.29 is 14.5 Å². The molecule has 2 atom stereocenters. The van der Waals surface area contributed by atoms with E-state index >= 15 is 0 Å². The highest BCUT2D eigenvalue weighted by atomic mass is 16.6. The van der Waals surface area contributed by atoms with Crippen LogP contribution in [0.4, 0.5) is 10.5 Å². The molecule has 0 aromatic carbocycles. The van der Waals surface area contributed by atoms with Crippen LogP contribution in [0.1, 0.15) is 44.0 Å². The molecule has 9 heteroatoms. The molecule has 1 fully saturated rings. The fourth-order valence-electron chi connectivity index (χ4n) is 3.14. The molecule has 2 rings (SSSR count). The number of aromatic nitrogens is 2. The van der Waals surface area contributed by atoms with Gasteiger partial charge < -0.3 is 5.32 Å². The van der Waals surface area contributed by atoms with Gasteiger partial charge in [0.1, 0.15) is 17.9 Å². The zero-order chi connectivity index (χ0) is 17.9. The third-order valence-corrected chi connectivity index (χ3v) is 4.50. The second-order valence-corrected chi connectivity index (χ2v) is 6.32. The van der Waals surface area contributed by atoms with E-state index in [4.69, 9.17) is 0 Å². The van der Waals surface area contributed by atoms with E-state index in [1.54, 1.807) is 0 Å². The van der Waals surface area contributed by atoms with Crippen LogP contribution in [0, 0.1) is 29.9 Å². The molecule has 1 aromatic heterocycles. The van der Waals surface area contributed by atoms with Crippen LogP contribution in [0.2, 0.25) is 0 Å². The second kappa shape index (κ2) is 7.41. The van der Waals surface area contributed by atoms with Gasteiger partial charge in [-0.15, -0.1) is 0 Å². The molecule has 1 heterocycles. The molecular weight excluding hydrogens is 314 g/mol. The summed E-state index contributed by atoms with van der Waals surface area (Å²) < 4.78 is 1.24. The van der Waals surface area contributed by atoms with Gasteiger partial charge in [-0.2, -0.15) is 5.10 Å². The summed E-state index contributed by atoms with van der Waals surface area (Å²) in [7, 11) is 0. The van der Waals surface area contributed by atoms with Crippen molar-refractivity contribution in [3.63, 3.8) is 0 Å². The van der Waals surface area contributed by atoms with Gasteiger partial charge in [-0.3, -0.25) is 24.9 Å². The number of carbonyl (C=O) groups is 2. The number of hydrogen-bond donors (Lipinski definition) is 2. The number of rotatable bonds is 4. The van der Waals surface area contributed by atoms with Crippen molar-refractivity contribution in [3.05, 3.63) is 21.5 Å². The number of urea groups is 1. The number of imide groups is 1. The van der Waals surface area contributed by atoms with Gasteiger partial charge in [-0.25, -0.2) is 4.79 Å². The summed E-state index contributed by atoms with van der Waals surface area (Å²) in [6.07, 6.45) is 4.20. The van der Waals surface area contributed by atoms with Crippen molar-refractivity contribution in [2.45, 2.75) is 59.0 Å². The number of hydrogen-bond acceptors (Lipinski definition) is 5. The van der Waals surface area contributed by atoms with Gasteiger partial charge in [-0.1, -0.05) is 19.8 Å². The van der Waals surface area contributed by atoms with E-state index in [0.717, 1.165) is 25.7 Å². The molecule has 0 bridgehead atoms. The molecule has 24 heavy (non-hydrogen) atoms. The first kappa shape index (κ1) is 17.9. The first-order valence-corrected chi connectivity index (χ1v) is 8.08. The quantitative estimate of drug-likeness (QED) is 0.641. The molecule has 0 aliphatic heterocycles. The van der Waals surface area contributed by atoms with E-state index in [0.29, 0.717) is 5.92 Å². The Morgan fingerprint density at radius 3 is 2.58 bits per heavy atom. The summed E-state index contributed by atoms with van der Waals surface area (Å²) in [5.41, 5.74) is 0.419. The first-order chi connectivity index (χ1) is 11.3. The molecule has 132 valence electrons. The SMILES string of the molecule is Cc1nn(CC(=O)NC(=O)N[C@H]2CCCC[C@H]2C)c(C)c1[N+](=O)[O-]. The summed E-state index contributed by atoms with van der Waals surface area (Å²) in [5.74, 6) is -0.172. The standard InChI is InChI=1S/C15H23N5O4/c1-9-6-4-5-7-12(9)16-15(22)17-13(21)8-19-11(3)14(20(23)24)10(2)18-19/h9,12H,4-8H2,1-3H3,(H2,16,17,21,22)/t9-,12+/m1/s1.